The monoisotopic (exact) mass is 277 g/mol. The van der Waals surface area contributed by atoms with E-state index in [1.54, 1.807) is 11.2 Å². The van der Waals surface area contributed by atoms with Gasteiger partial charge in [0, 0.05) is 19.5 Å². The number of fused-ring (bicyclic) bond motifs is 1. The molecule has 0 aliphatic heterocycles. The van der Waals surface area contributed by atoms with Gasteiger partial charge in [0.15, 0.2) is 0 Å². The standard InChI is InChI=1S/C11H12N2O.C3H9N.C2H6/c1-13(2)12-8-10-7-9-5-3-4-6-11(9)14-10;1-4(2)3;1-2/h3-8H,1-2H3;1-3H3;1-2H3/b12-8+;;. The molecule has 1 heterocycles. The quantitative estimate of drug-likeness (QED) is 0.621. The van der Waals surface area contributed by atoms with Gasteiger partial charge < -0.3 is 14.3 Å². The van der Waals surface area contributed by atoms with Crippen LogP contribution in [-0.4, -0.2) is 51.4 Å². The van der Waals surface area contributed by atoms with Crippen molar-refractivity contribution < 1.29 is 4.42 Å². The molecule has 2 aromatic rings. The van der Waals surface area contributed by atoms with E-state index in [-0.39, 0.29) is 0 Å². The molecule has 0 fully saturated rings. The van der Waals surface area contributed by atoms with Crippen molar-refractivity contribution in [2.45, 2.75) is 13.8 Å². The lowest BCUT2D eigenvalue weighted by atomic mass is 10.2. The Kier molecular flexibility index (Phi) is 9.13. The van der Waals surface area contributed by atoms with Crippen LogP contribution in [0.1, 0.15) is 19.6 Å². The summed E-state index contributed by atoms with van der Waals surface area (Å²) in [5.41, 5.74) is 0.896. The van der Waals surface area contributed by atoms with Crippen molar-refractivity contribution in [2.24, 2.45) is 5.10 Å². The summed E-state index contributed by atoms with van der Waals surface area (Å²) in [7, 11) is 9.75. The normalized spacial score (nSPS) is 10.0. The molecule has 0 unspecified atom stereocenters. The van der Waals surface area contributed by atoms with E-state index in [9.17, 15) is 0 Å². The number of para-hydroxylation sites is 1. The van der Waals surface area contributed by atoms with Gasteiger partial charge in [-0.3, -0.25) is 0 Å². The molecule has 0 saturated heterocycles. The van der Waals surface area contributed by atoms with E-state index < -0.39 is 0 Å². The second-order valence-corrected chi connectivity index (χ2v) is 4.62. The van der Waals surface area contributed by atoms with Gasteiger partial charge in [0.2, 0.25) is 0 Å². The first kappa shape index (κ1) is 18.2. The zero-order chi connectivity index (χ0) is 15.5. The van der Waals surface area contributed by atoms with Crippen molar-refractivity contribution in [2.75, 3.05) is 35.2 Å². The Labute approximate surface area is 122 Å². The van der Waals surface area contributed by atoms with Gasteiger partial charge in [-0.1, -0.05) is 32.0 Å². The molecule has 20 heavy (non-hydrogen) atoms. The van der Waals surface area contributed by atoms with Crippen LogP contribution in [0, 0.1) is 0 Å². The van der Waals surface area contributed by atoms with Gasteiger partial charge in [0.05, 0.1) is 6.21 Å². The summed E-state index contributed by atoms with van der Waals surface area (Å²) in [4.78, 5) is 2.00. The Morgan fingerprint density at radius 1 is 1.00 bits per heavy atom. The van der Waals surface area contributed by atoms with Crippen LogP contribution >= 0.6 is 0 Å². The maximum absolute atomic E-state index is 5.54. The minimum atomic E-state index is 0.778. The highest BCUT2D eigenvalue weighted by atomic mass is 16.3. The van der Waals surface area contributed by atoms with Crippen molar-refractivity contribution in [3.8, 4) is 0 Å². The van der Waals surface area contributed by atoms with E-state index in [1.807, 2.05) is 84.3 Å². The van der Waals surface area contributed by atoms with Crippen LogP contribution in [0.15, 0.2) is 39.9 Å². The molecule has 0 radical (unpaired) electrons. The molecule has 0 bridgehead atoms. The lowest BCUT2D eigenvalue weighted by molar-refractivity contribution is 0.438. The summed E-state index contributed by atoms with van der Waals surface area (Å²) >= 11 is 0. The highest BCUT2D eigenvalue weighted by Crippen LogP contribution is 2.17. The van der Waals surface area contributed by atoms with Crippen molar-refractivity contribution in [3.05, 3.63) is 36.1 Å². The van der Waals surface area contributed by atoms with Crippen LogP contribution in [0.2, 0.25) is 0 Å². The van der Waals surface area contributed by atoms with Gasteiger partial charge in [0.25, 0.3) is 0 Å². The maximum atomic E-state index is 5.54. The number of benzene rings is 1. The summed E-state index contributed by atoms with van der Waals surface area (Å²) in [6.45, 7) is 4.00. The minimum absolute atomic E-state index is 0.778. The first-order valence-electron chi connectivity index (χ1n) is 6.80. The molecule has 0 saturated carbocycles. The molecule has 0 aliphatic carbocycles. The number of furan rings is 1. The average Bonchev–Trinajstić information content (AvgIpc) is 2.81. The van der Waals surface area contributed by atoms with Crippen molar-refractivity contribution >= 4 is 17.2 Å². The molecule has 4 heteroatoms. The van der Waals surface area contributed by atoms with Crippen molar-refractivity contribution in [1.82, 2.24) is 9.91 Å². The molecular formula is C16H27N3O. The Bertz CT molecular complexity index is 465. The first-order valence-corrected chi connectivity index (χ1v) is 6.80. The lowest BCUT2D eigenvalue weighted by Gasteiger charge is -2.00. The van der Waals surface area contributed by atoms with Crippen LogP contribution < -0.4 is 0 Å². The number of hydrazone groups is 1. The van der Waals surface area contributed by atoms with Crippen LogP contribution in [-0.2, 0) is 0 Å². The molecule has 2 rings (SSSR count). The molecule has 0 spiro atoms. The lowest BCUT2D eigenvalue weighted by Crippen LogP contribution is -2.01. The first-order chi connectivity index (χ1) is 9.49. The summed E-state index contributed by atoms with van der Waals surface area (Å²) in [6.07, 6.45) is 1.71. The topological polar surface area (TPSA) is 32.0 Å². The third-order valence-electron chi connectivity index (χ3n) is 1.86. The number of nitrogens with zero attached hydrogens (tertiary/aromatic N) is 3. The number of hydrogen-bond donors (Lipinski definition) is 0. The van der Waals surface area contributed by atoms with E-state index >= 15 is 0 Å². The molecule has 112 valence electrons. The second kappa shape index (κ2) is 10.0. The molecular weight excluding hydrogens is 250 g/mol. The smallest absolute Gasteiger partial charge is 0.148 e. The van der Waals surface area contributed by atoms with Crippen molar-refractivity contribution in [3.63, 3.8) is 0 Å². The highest BCUT2D eigenvalue weighted by molar-refractivity contribution is 5.86. The third kappa shape index (κ3) is 7.59. The molecule has 4 nitrogen and oxygen atoms in total. The zero-order valence-corrected chi connectivity index (χ0v) is 13.7. The third-order valence-corrected chi connectivity index (χ3v) is 1.86. The van der Waals surface area contributed by atoms with E-state index in [0.717, 1.165) is 16.7 Å². The van der Waals surface area contributed by atoms with Crippen LogP contribution in [0.4, 0.5) is 0 Å². The van der Waals surface area contributed by atoms with Crippen molar-refractivity contribution in [1.29, 1.82) is 0 Å². The summed E-state index contributed by atoms with van der Waals surface area (Å²) in [5.74, 6) is 0.778. The molecule has 0 aliphatic rings. The van der Waals surface area contributed by atoms with Crippen LogP contribution in [0.3, 0.4) is 0 Å². The van der Waals surface area contributed by atoms with Gasteiger partial charge in [-0.2, -0.15) is 5.10 Å². The summed E-state index contributed by atoms with van der Waals surface area (Å²) < 4.78 is 5.54. The van der Waals surface area contributed by atoms with E-state index in [0.29, 0.717) is 0 Å². The molecule has 1 aromatic heterocycles. The fourth-order valence-electron chi connectivity index (χ4n) is 1.24. The second-order valence-electron chi connectivity index (χ2n) is 4.62. The summed E-state index contributed by atoms with van der Waals surface area (Å²) in [6, 6.07) is 9.89. The van der Waals surface area contributed by atoms with Gasteiger partial charge >= 0.3 is 0 Å². The minimum Gasteiger partial charge on any atom is -0.455 e. The Hall–Kier alpha value is -1.81. The van der Waals surface area contributed by atoms with E-state index in [4.69, 9.17) is 4.42 Å². The molecule has 1 aromatic carbocycles. The fraction of sp³-hybridized carbons (Fsp3) is 0.438. The number of hydrogen-bond acceptors (Lipinski definition) is 4. The average molecular weight is 277 g/mol. The summed E-state index contributed by atoms with van der Waals surface area (Å²) in [5, 5.41) is 6.94. The Morgan fingerprint density at radius 2 is 1.55 bits per heavy atom. The number of rotatable bonds is 2. The predicted molar refractivity (Wildman–Crippen MR) is 88.5 cm³/mol. The maximum Gasteiger partial charge on any atom is 0.148 e. The van der Waals surface area contributed by atoms with Gasteiger partial charge in [-0.15, -0.1) is 0 Å². The van der Waals surface area contributed by atoms with Gasteiger partial charge in [-0.05, 0) is 33.3 Å². The Balaban J connectivity index is 0.000000521. The zero-order valence-electron chi connectivity index (χ0n) is 13.7. The Morgan fingerprint density at radius 3 is 2.05 bits per heavy atom. The highest BCUT2D eigenvalue weighted by Gasteiger charge is 1.99. The fourth-order valence-corrected chi connectivity index (χ4v) is 1.24. The molecule has 0 N–H and O–H groups in total. The van der Waals surface area contributed by atoms with Crippen LogP contribution in [0.25, 0.3) is 11.0 Å². The predicted octanol–water partition coefficient (Wildman–Crippen LogP) is 3.53. The van der Waals surface area contributed by atoms with Gasteiger partial charge in [-0.25, -0.2) is 0 Å². The SMILES string of the molecule is CC.CN(C)/N=C/c1cc2ccccc2o1.CN(C)C. The molecule has 0 amide bonds. The van der Waals surface area contributed by atoms with Gasteiger partial charge in [0.1, 0.15) is 11.3 Å². The van der Waals surface area contributed by atoms with E-state index in [1.165, 1.54) is 0 Å². The van der Waals surface area contributed by atoms with Crippen LogP contribution in [0.5, 0.6) is 0 Å². The molecule has 0 atom stereocenters. The van der Waals surface area contributed by atoms with E-state index in [2.05, 4.69) is 5.10 Å². The largest absolute Gasteiger partial charge is 0.455 e.